The Labute approximate surface area is 157 Å². The van der Waals surface area contributed by atoms with E-state index in [1.807, 2.05) is 23.1 Å². The average Bonchev–Trinajstić information content (AvgIpc) is 3.07. The number of carbonyl (C=O) groups is 1. The highest BCUT2D eigenvalue weighted by Gasteiger charge is 2.30. The van der Waals surface area contributed by atoms with Crippen LogP contribution in [0.25, 0.3) is 0 Å². The SMILES string of the molecule is N#Cc1ccccc1N1CCN(S(=O)(=O)c2ccc3c(c2)CC(=O)N3)CC1. The van der Waals surface area contributed by atoms with Gasteiger partial charge in [-0.05, 0) is 35.9 Å². The van der Waals surface area contributed by atoms with E-state index in [0.29, 0.717) is 43.0 Å². The third-order valence-electron chi connectivity index (χ3n) is 4.94. The molecule has 0 saturated carbocycles. The van der Waals surface area contributed by atoms with Crippen LogP contribution in [0.2, 0.25) is 0 Å². The first-order chi connectivity index (χ1) is 13.0. The molecule has 0 radical (unpaired) electrons. The molecule has 2 heterocycles. The van der Waals surface area contributed by atoms with Crippen LogP contribution in [0.1, 0.15) is 11.1 Å². The van der Waals surface area contributed by atoms with Crippen molar-refractivity contribution in [2.24, 2.45) is 0 Å². The van der Waals surface area contributed by atoms with Gasteiger partial charge in [-0.3, -0.25) is 4.79 Å². The van der Waals surface area contributed by atoms with Gasteiger partial charge in [0.1, 0.15) is 6.07 Å². The van der Waals surface area contributed by atoms with Crippen molar-refractivity contribution in [1.82, 2.24) is 4.31 Å². The number of nitriles is 1. The molecular formula is C19H18N4O3S. The van der Waals surface area contributed by atoms with E-state index >= 15 is 0 Å². The maximum absolute atomic E-state index is 13.0. The first-order valence-corrected chi connectivity index (χ1v) is 10.1. The number of carbonyl (C=O) groups excluding carboxylic acids is 1. The zero-order valence-corrected chi connectivity index (χ0v) is 15.4. The predicted molar refractivity (Wildman–Crippen MR) is 101 cm³/mol. The first kappa shape index (κ1) is 17.5. The largest absolute Gasteiger partial charge is 0.368 e. The van der Waals surface area contributed by atoms with Gasteiger partial charge in [0.25, 0.3) is 0 Å². The van der Waals surface area contributed by atoms with E-state index in [9.17, 15) is 18.5 Å². The molecule has 2 aromatic rings. The second kappa shape index (κ2) is 6.68. The van der Waals surface area contributed by atoms with Crippen molar-refractivity contribution in [2.75, 3.05) is 36.4 Å². The van der Waals surface area contributed by atoms with Crippen LogP contribution in [0, 0.1) is 11.3 Å². The normalized spacial score (nSPS) is 17.3. The molecular weight excluding hydrogens is 364 g/mol. The number of para-hydroxylation sites is 1. The molecule has 1 N–H and O–H groups in total. The van der Waals surface area contributed by atoms with Crippen molar-refractivity contribution in [3.63, 3.8) is 0 Å². The van der Waals surface area contributed by atoms with E-state index in [2.05, 4.69) is 11.4 Å². The van der Waals surface area contributed by atoms with Crippen molar-refractivity contribution in [3.8, 4) is 6.07 Å². The van der Waals surface area contributed by atoms with Gasteiger partial charge in [0.2, 0.25) is 15.9 Å². The molecule has 0 unspecified atom stereocenters. The van der Waals surface area contributed by atoms with E-state index in [1.54, 1.807) is 18.2 Å². The van der Waals surface area contributed by atoms with E-state index < -0.39 is 10.0 Å². The third-order valence-corrected chi connectivity index (χ3v) is 6.84. The number of anilines is 2. The van der Waals surface area contributed by atoms with Crippen LogP contribution in [-0.4, -0.2) is 44.8 Å². The molecule has 0 spiro atoms. The molecule has 8 heteroatoms. The van der Waals surface area contributed by atoms with Crippen LogP contribution in [0.4, 0.5) is 11.4 Å². The van der Waals surface area contributed by atoms with Gasteiger partial charge in [0.15, 0.2) is 0 Å². The Morgan fingerprint density at radius 3 is 2.52 bits per heavy atom. The Morgan fingerprint density at radius 2 is 1.78 bits per heavy atom. The van der Waals surface area contributed by atoms with E-state index in [-0.39, 0.29) is 17.2 Å². The van der Waals surface area contributed by atoms with Crippen molar-refractivity contribution in [3.05, 3.63) is 53.6 Å². The van der Waals surface area contributed by atoms with Gasteiger partial charge >= 0.3 is 0 Å². The van der Waals surface area contributed by atoms with Crippen LogP contribution >= 0.6 is 0 Å². The second-order valence-corrected chi connectivity index (χ2v) is 8.50. The van der Waals surface area contributed by atoms with Crippen LogP contribution in [0.15, 0.2) is 47.4 Å². The lowest BCUT2D eigenvalue weighted by molar-refractivity contribution is -0.115. The molecule has 0 atom stereocenters. The van der Waals surface area contributed by atoms with Crippen molar-refractivity contribution in [2.45, 2.75) is 11.3 Å². The lowest BCUT2D eigenvalue weighted by Gasteiger charge is -2.35. The van der Waals surface area contributed by atoms with Gasteiger partial charge in [0.05, 0.1) is 22.6 Å². The minimum Gasteiger partial charge on any atom is -0.368 e. The van der Waals surface area contributed by atoms with Crippen molar-refractivity contribution in [1.29, 1.82) is 5.26 Å². The Hall–Kier alpha value is -2.89. The highest BCUT2D eigenvalue weighted by atomic mass is 32.2. The number of sulfonamides is 1. The highest BCUT2D eigenvalue weighted by Crippen LogP contribution is 2.28. The summed E-state index contributed by atoms with van der Waals surface area (Å²) in [6, 6.07) is 14.3. The number of fused-ring (bicyclic) bond motifs is 1. The smallest absolute Gasteiger partial charge is 0.243 e. The first-order valence-electron chi connectivity index (χ1n) is 8.66. The van der Waals surface area contributed by atoms with Crippen LogP contribution in [0.5, 0.6) is 0 Å². The van der Waals surface area contributed by atoms with Crippen LogP contribution in [0.3, 0.4) is 0 Å². The number of nitrogens with zero attached hydrogens (tertiary/aromatic N) is 3. The molecule has 138 valence electrons. The maximum atomic E-state index is 13.0. The lowest BCUT2D eigenvalue weighted by atomic mass is 10.1. The minimum atomic E-state index is -3.62. The molecule has 1 saturated heterocycles. The van der Waals surface area contributed by atoms with E-state index in [0.717, 1.165) is 5.69 Å². The number of hydrogen-bond donors (Lipinski definition) is 1. The highest BCUT2D eigenvalue weighted by molar-refractivity contribution is 7.89. The summed E-state index contributed by atoms with van der Waals surface area (Å²) in [6.07, 6.45) is 0.206. The Bertz CT molecular complexity index is 1050. The molecule has 2 aliphatic heterocycles. The van der Waals surface area contributed by atoms with Gasteiger partial charge in [-0.25, -0.2) is 8.42 Å². The third kappa shape index (κ3) is 3.16. The fraction of sp³-hybridized carbons (Fsp3) is 0.263. The summed E-state index contributed by atoms with van der Waals surface area (Å²) >= 11 is 0. The maximum Gasteiger partial charge on any atom is 0.243 e. The number of hydrogen-bond acceptors (Lipinski definition) is 5. The molecule has 4 rings (SSSR count). The summed E-state index contributed by atoms with van der Waals surface area (Å²) in [5.41, 5.74) is 2.81. The zero-order valence-electron chi connectivity index (χ0n) is 14.6. The summed E-state index contributed by atoms with van der Waals surface area (Å²) in [5.74, 6) is -0.121. The summed E-state index contributed by atoms with van der Waals surface area (Å²) in [6.45, 7) is 1.72. The molecule has 1 fully saturated rings. The summed E-state index contributed by atoms with van der Waals surface area (Å²) in [4.78, 5) is 13.7. The summed E-state index contributed by atoms with van der Waals surface area (Å²) in [5, 5.41) is 12.0. The monoisotopic (exact) mass is 382 g/mol. The van der Waals surface area contributed by atoms with Gasteiger partial charge in [-0.1, -0.05) is 12.1 Å². The molecule has 7 nitrogen and oxygen atoms in total. The fourth-order valence-corrected chi connectivity index (χ4v) is 5.00. The molecule has 0 bridgehead atoms. The van der Waals surface area contributed by atoms with Crippen molar-refractivity contribution >= 4 is 27.3 Å². The number of rotatable bonds is 3. The van der Waals surface area contributed by atoms with Gasteiger partial charge in [-0.15, -0.1) is 0 Å². The Balaban J connectivity index is 1.52. The van der Waals surface area contributed by atoms with E-state index in [4.69, 9.17) is 0 Å². The molecule has 27 heavy (non-hydrogen) atoms. The molecule has 2 aromatic carbocycles. The summed E-state index contributed by atoms with van der Waals surface area (Å²) < 4.78 is 27.4. The minimum absolute atomic E-state index is 0.121. The van der Waals surface area contributed by atoms with E-state index in [1.165, 1.54) is 10.4 Å². The van der Waals surface area contributed by atoms with Crippen molar-refractivity contribution < 1.29 is 13.2 Å². The lowest BCUT2D eigenvalue weighted by Crippen LogP contribution is -2.48. The van der Waals surface area contributed by atoms with Gasteiger partial charge < -0.3 is 10.2 Å². The average molecular weight is 382 g/mol. The molecule has 0 aliphatic carbocycles. The topological polar surface area (TPSA) is 93.5 Å². The fourth-order valence-electron chi connectivity index (χ4n) is 3.53. The van der Waals surface area contributed by atoms with Gasteiger partial charge in [0, 0.05) is 31.9 Å². The standard InChI is InChI=1S/C19H18N4O3S/c20-13-14-3-1-2-4-18(14)22-7-9-23(10-8-22)27(25,26)16-5-6-17-15(11-16)12-19(24)21-17/h1-6,11H,7-10,12H2,(H,21,24). The summed E-state index contributed by atoms with van der Waals surface area (Å²) in [7, 11) is -3.62. The zero-order chi connectivity index (χ0) is 19.0. The van der Waals surface area contributed by atoms with Crippen LogP contribution in [-0.2, 0) is 21.2 Å². The van der Waals surface area contributed by atoms with Crippen LogP contribution < -0.4 is 10.2 Å². The molecule has 1 amide bonds. The molecule has 0 aromatic heterocycles. The predicted octanol–water partition coefficient (Wildman–Crippen LogP) is 1.56. The number of benzene rings is 2. The Kier molecular flexibility index (Phi) is 4.34. The quantitative estimate of drug-likeness (QED) is 0.870. The number of amides is 1. The second-order valence-electron chi connectivity index (χ2n) is 6.56. The number of piperazine rings is 1. The van der Waals surface area contributed by atoms with Gasteiger partial charge in [-0.2, -0.15) is 9.57 Å². The Morgan fingerprint density at radius 1 is 1.04 bits per heavy atom. The molecule has 2 aliphatic rings. The number of nitrogens with one attached hydrogen (secondary N) is 1.